The van der Waals surface area contributed by atoms with Crippen molar-refractivity contribution in [3.63, 3.8) is 0 Å². The van der Waals surface area contributed by atoms with Crippen LogP contribution in [-0.4, -0.2) is 12.5 Å². The molecule has 1 aromatic rings. The number of carbonyl (C=O) groups excluding carboxylic acids is 1. The summed E-state index contributed by atoms with van der Waals surface area (Å²) < 4.78 is 0. The third-order valence-corrected chi connectivity index (χ3v) is 4.53. The minimum absolute atomic E-state index is 0.0809. The number of hydrogen-bond acceptors (Lipinski definition) is 2. The van der Waals surface area contributed by atoms with Gasteiger partial charge in [-0.25, -0.2) is 0 Å². The Labute approximate surface area is 150 Å². The molecule has 25 heavy (non-hydrogen) atoms. The second kappa shape index (κ2) is 7.14. The first-order chi connectivity index (χ1) is 11.9. The normalized spacial score (nSPS) is 17.2. The van der Waals surface area contributed by atoms with Gasteiger partial charge in [-0.2, -0.15) is 0 Å². The van der Waals surface area contributed by atoms with Crippen LogP contribution < -0.4 is 10.6 Å². The Bertz CT molecular complexity index is 771. The van der Waals surface area contributed by atoms with Crippen molar-refractivity contribution in [2.75, 3.05) is 6.54 Å². The summed E-state index contributed by atoms with van der Waals surface area (Å²) in [5.41, 5.74) is 5.70. The van der Waals surface area contributed by atoms with E-state index in [9.17, 15) is 4.79 Å². The first-order valence-electron chi connectivity index (χ1n) is 8.87. The molecule has 0 unspecified atom stereocenters. The predicted octanol–water partition coefficient (Wildman–Crippen LogP) is 4.20. The maximum absolute atomic E-state index is 12.3. The first-order valence-corrected chi connectivity index (χ1v) is 8.87. The van der Waals surface area contributed by atoms with Crippen LogP contribution in [-0.2, 0) is 10.2 Å². The van der Waals surface area contributed by atoms with Gasteiger partial charge < -0.3 is 10.6 Å². The molecule has 2 N–H and O–H groups in total. The Kier molecular flexibility index (Phi) is 4.93. The Morgan fingerprint density at radius 3 is 2.68 bits per heavy atom. The maximum Gasteiger partial charge on any atom is 0.248 e. The lowest BCUT2D eigenvalue weighted by atomic mass is 9.87. The van der Waals surface area contributed by atoms with Crippen LogP contribution in [0.25, 0.3) is 6.08 Å². The number of hydrogen-bond donors (Lipinski definition) is 2. The van der Waals surface area contributed by atoms with Crippen LogP contribution in [0.1, 0.15) is 44.7 Å². The summed E-state index contributed by atoms with van der Waals surface area (Å²) in [4.78, 5) is 12.3. The van der Waals surface area contributed by atoms with Gasteiger partial charge in [0.2, 0.25) is 5.91 Å². The highest BCUT2D eigenvalue weighted by Crippen LogP contribution is 2.24. The first kappa shape index (κ1) is 17.3. The van der Waals surface area contributed by atoms with E-state index in [0.717, 1.165) is 41.9 Å². The summed E-state index contributed by atoms with van der Waals surface area (Å²) in [5, 5.41) is 6.43. The van der Waals surface area contributed by atoms with E-state index in [0.29, 0.717) is 0 Å². The SMILES string of the molecule is CC(C)(C)c1ccc(C=CC(=O)NC2=C3C=CCC=C3NCC2)cc1. The minimum atomic E-state index is -0.0809. The number of carbonyl (C=O) groups is 1. The molecule has 1 aliphatic heterocycles. The summed E-state index contributed by atoms with van der Waals surface area (Å²) in [6.07, 6.45) is 11.6. The molecule has 0 aromatic heterocycles. The number of fused-ring (bicyclic) bond motifs is 1. The Hall–Kier alpha value is -2.55. The standard InChI is InChI=1S/C22H26N2O/c1-22(2,3)17-11-8-16(9-12-17)10-13-21(25)24-20-14-15-23-19-7-5-4-6-18(19)20/h4,6-13,23H,5,14-15H2,1-3H3,(H,24,25). The van der Waals surface area contributed by atoms with Gasteiger partial charge in [-0.1, -0.05) is 63.3 Å². The van der Waals surface area contributed by atoms with Crippen LogP contribution in [0.4, 0.5) is 0 Å². The Balaban J connectivity index is 1.67. The molecule has 0 atom stereocenters. The molecular weight excluding hydrogens is 308 g/mol. The van der Waals surface area contributed by atoms with Crippen molar-refractivity contribution in [1.82, 2.24) is 10.6 Å². The number of amides is 1. The third-order valence-electron chi connectivity index (χ3n) is 4.53. The van der Waals surface area contributed by atoms with Gasteiger partial charge in [0.25, 0.3) is 0 Å². The van der Waals surface area contributed by atoms with E-state index in [1.54, 1.807) is 6.08 Å². The smallest absolute Gasteiger partial charge is 0.248 e. The fraction of sp³-hybridized carbons (Fsp3) is 0.318. The second-order valence-corrected chi connectivity index (χ2v) is 7.52. The van der Waals surface area contributed by atoms with Crippen molar-refractivity contribution in [3.8, 4) is 0 Å². The molecule has 0 spiro atoms. The van der Waals surface area contributed by atoms with Crippen molar-refractivity contribution in [2.24, 2.45) is 0 Å². The van der Waals surface area contributed by atoms with Gasteiger partial charge in [0.1, 0.15) is 0 Å². The zero-order valence-corrected chi connectivity index (χ0v) is 15.2. The van der Waals surface area contributed by atoms with Crippen molar-refractivity contribution in [2.45, 2.75) is 39.0 Å². The molecule has 0 saturated heterocycles. The summed E-state index contributed by atoms with van der Waals surface area (Å²) in [6.45, 7) is 7.45. The molecule has 1 aliphatic carbocycles. The van der Waals surface area contributed by atoms with Gasteiger partial charge in [-0.05, 0) is 29.0 Å². The second-order valence-electron chi connectivity index (χ2n) is 7.52. The third kappa shape index (κ3) is 4.30. The topological polar surface area (TPSA) is 41.1 Å². The average molecular weight is 334 g/mol. The molecule has 1 aromatic carbocycles. The highest BCUT2D eigenvalue weighted by atomic mass is 16.1. The Morgan fingerprint density at radius 2 is 1.96 bits per heavy atom. The summed E-state index contributed by atoms with van der Waals surface area (Å²) in [7, 11) is 0. The molecule has 130 valence electrons. The van der Waals surface area contributed by atoms with E-state index in [2.05, 4.69) is 73.9 Å². The van der Waals surface area contributed by atoms with Gasteiger partial charge >= 0.3 is 0 Å². The van der Waals surface area contributed by atoms with Crippen molar-refractivity contribution >= 4 is 12.0 Å². The molecule has 3 rings (SSSR count). The van der Waals surface area contributed by atoms with Gasteiger partial charge in [0.15, 0.2) is 0 Å². The monoisotopic (exact) mass is 334 g/mol. The number of rotatable bonds is 3. The van der Waals surface area contributed by atoms with Crippen LogP contribution in [0, 0.1) is 0 Å². The van der Waals surface area contributed by atoms with Crippen LogP contribution in [0.3, 0.4) is 0 Å². The number of nitrogens with one attached hydrogen (secondary N) is 2. The predicted molar refractivity (Wildman–Crippen MR) is 104 cm³/mol. The lowest BCUT2D eigenvalue weighted by Crippen LogP contribution is -2.31. The fourth-order valence-corrected chi connectivity index (χ4v) is 3.05. The molecule has 3 heteroatoms. The lowest BCUT2D eigenvalue weighted by molar-refractivity contribution is -0.115. The van der Waals surface area contributed by atoms with Gasteiger partial charge in [0.05, 0.1) is 0 Å². The molecule has 0 bridgehead atoms. The van der Waals surface area contributed by atoms with E-state index in [1.807, 2.05) is 6.08 Å². The number of benzene rings is 1. The minimum Gasteiger partial charge on any atom is -0.384 e. The summed E-state index contributed by atoms with van der Waals surface area (Å²) in [5.74, 6) is -0.0809. The van der Waals surface area contributed by atoms with E-state index >= 15 is 0 Å². The van der Waals surface area contributed by atoms with E-state index in [4.69, 9.17) is 0 Å². The summed E-state index contributed by atoms with van der Waals surface area (Å²) >= 11 is 0. The summed E-state index contributed by atoms with van der Waals surface area (Å²) in [6, 6.07) is 8.36. The zero-order valence-electron chi connectivity index (χ0n) is 15.2. The molecule has 0 fully saturated rings. The van der Waals surface area contributed by atoms with Crippen LogP contribution >= 0.6 is 0 Å². The van der Waals surface area contributed by atoms with Crippen LogP contribution in [0.5, 0.6) is 0 Å². The molecular formula is C22H26N2O. The maximum atomic E-state index is 12.3. The molecule has 1 amide bonds. The van der Waals surface area contributed by atoms with Crippen molar-refractivity contribution in [3.05, 3.63) is 76.7 Å². The Morgan fingerprint density at radius 1 is 1.20 bits per heavy atom. The van der Waals surface area contributed by atoms with E-state index < -0.39 is 0 Å². The number of allylic oxidation sites excluding steroid dienone is 3. The van der Waals surface area contributed by atoms with Crippen LogP contribution in [0.15, 0.2) is 65.5 Å². The van der Waals surface area contributed by atoms with E-state index in [-0.39, 0.29) is 11.3 Å². The van der Waals surface area contributed by atoms with Gasteiger partial charge in [-0.15, -0.1) is 0 Å². The molecule has 0 saturated carbocycles. The molecule has 0 radical (unpaired) electrons. The van der Waals surface area contributed by atoms with E-state index in [1.165, 1.54) is 5.56 Å². The molecule has 3 nitrogen and oxygen atoms in total. The average Bonchev–Trinajstić information content (AvgIpc) is 2.60. The lowest BCUT2D eigenvalue weighted by Gasteiger charge is -2.24. The van der Waals surface area contributed by atoms with Crippen molar-refractivity contribution < 1.29 is 4.79 Å². The van der Waals surface area contributed by atoms with Crippen molar-refractivity contribution in [1.29, 1.82) is 0 Å². The molecule has 2 aliphatic rings. The quantitative estimate of drug-likeness (QED) is 0.813. The highest BCUT2D eigenvalue weighted by Gasteiger charge is 2.17. The van der Waals surface area contributed by atoms with Gasteiger partial charge in [0, 0.05) is 36.0 Å². The molecule has 1 heterocycles. The zero-order chi connectivity index (χ0) is 17.9. The highest BCUT2D eigenvalue weighted by molar-refractivity contribution is 5.93. The largest absolute Gasteiger partial charge is 0.384 e. The van der Waals surface area contributed by atoms with Crippen LogP contribution in [0.2, 0.25) is 0 Å². The van der Waals surface area contributed by atoms with Gasteiger partial charge in [-0.3, -0.25) is 4.79 Å². The fourth-order valence-electron chi connectivity index (χ4n) is 3.05.